The maximum absolute atomic E-state index is 12.0. The number of nitrogens with two attached hydrogens (primary N) is 1. The number of aromatic nitrogens is 3. The number of pyridine rings is 1. The summed E-state index contributed by atoms with van der Waals surface area (Å²) in [7, 11) is -2.16. The lowest BCUT2D eigenvalue weighted by atomic mass is 10.4. The zero-order valence-electron chi connectivity index (χ0n) is 9.33. The van der Waals surface area contributed by atoms with Gasteiger partial charge in [0.1, 0.15) is 9.50 Å². The summed E-state index contributed by atoms with van der Waals surface area (Å²) in [6.07, 6.45) is 2.73. The summed E-state index contributed by atoms with van der Waals surface area (Å²) < 4.78 is 28.4. The molecule has 0 radical (unpaired) electrons. The van der Waals surface area contributed by atoms with Gasteiger partial charge in [0.15, 0.2) is 5.82 Å². The van der Waals surface area contributed by atoms with Crippen molar-refractivity contribution >= 4 is 37.5 Å². The molecule has 3 N–H and O–H groups in total. The molecule has 0 spiro atoms. The minimum Gasteiger partial charge on any atom is -0.381 e. The molecule has 0 unspecified atom stereocenters. The summed E-state index contributed by atoms with van der Waals surface area (Å²) in [5.74, 6) is -0.0462. The lowest BCUT2D eigenvalue weighted by molar-refractivity contribution is 0.601. The van der Waals surface area contributed by atoms with Crippen molar-refractivity contribution < 1.29 is 8.42 Å². The van der Waals surface area contributed by atoms with E-state index < -0.39 is 10.0 Å². The van der Waals surface area contributed by atoms with E-state index in [0.717, 1.165) is 0 Å². The highest BCUT2D eigenvalue weighted by Gasteiger charge is 2.20. The number of sulfonamides is 1. The molecule has 0 bridgehead atoms. The fourth-order valence-electron chi connectivity index (χ4n) is 1.34. The highest BCUT2D eigenvalue weighted by molar-refractivity contribution is 9.10. The molecule has 7 nitrogen and oxygen atoms in total. The molecule has 2 heterocycles. The van der Waals surface area contributed by atoms with Gasteiger partial charge < -0.3 is 5.73 Å². The molecule has 96 valence electrons. The largest absolute Gasteiger partial charge is 0.381 e. The molecule has 0 amide bonds. The quantitative estimate of drug-likeness (QED) is 0.815. The SMILES string of the molecule is Cn1cc(S(=O)(=O)Nc2ccc(Br)nc2)c(N)n1. The van der Waals surface area contributed by atoms with Crippen molar-refractivity contribution in [3.05, 3.63) is 29.1 Å². The Kier molecular flexibility index (Phi) is 3.26. The van der Waals surface area contributed by atoms with Crippen LogP contribution >= 0.6 is 15.9 Å². The molecule has 0 aliphatic rings. The minimum absolute atomic E-state index is 0.0462. The number of rotatable bonds is 3. The lowest BCUT2D eigenvalue weighted by Crippen LogP contribution is -2.14. The molecule has 0 saturated heterocycles. The number of halogens is 1. The van der Waals surface area contributed by atoms with E-state index >= 15 is 0 Å². The van der Waals surface area contributed by atoms with Gasteiger partial charge in [-0.15, -0.1) is 0 Å². The first-order valence-corrected chi connectivity index (χ1v) is 7.09. The number of nitrogens with zero attached hydrogens (tertiary/aromatic N) is 3. The van der Waals surface area contributed by atoms with E-state index in [1.165, 1.54) is 17.1 Å². The van der Waals surface area contributed by atoms with Crippen LogP contribution in [0.3, 0.4) is 0 Å². The summed E-state index contributed by atoms with van der Waals surface area (Å²) in [5, 5.41) is 3.79. The predicted octanol–water partition coefficient (Wildman–Crippen LogP) is 0.961. The van der Waals surface area contributed by atoms with Crippen molar-refractivity contribution in [3.8, 4) is 0 Å². The molecule has 9 heteroatoms. The Labute approximate surface area is 112 Å². The molecule has 2 rings (SSSR count). The first-order chi connectivity index (χ1) is 8.38. The average molecular weight is 332 g/mol. The first-order valence-electron chi connectivity index (χ1n) is 4.82. The van der Waals surface area contributed by atoms with Crippen LogP contribution in [-0.2, 0) is 17.1 Å². The van der Waals surface area contributed by atoms with Gasteiger partial charge >= 0.3 is 0 Å². The third-order valence-corrected chi connectivity index (χ3v) is 3.96. The van der Waals surface area contributed by atoms with Gasteiger partial charge in [0, 0.05) is 13.2 Å². The van der Waals surface area contributed by atoms with Crippen LogP contribution < -0.4 is 10.5 Å². The zero-order valence-corrected chi connectivity index (χ0v) is 11.7. The molecule has 2 aromatic heterocycles. The fourth-order valence-corrected chi connectivity index (χ4v) is 2.72. The minimum atomic E-state index is -3.75. The maximum atomic E-state index is 12.0. The van der Waals surface area contributed by atoms with E-state index in [9.17, 15) is 8.42 Å². The fraction of sp³-hybridized carbons (Fsp3) is 0.111. The summed E-state index contributed by atoms with van der Waals surface area (Å²) in [5.41, 5.74) is 5.88. The van der Waals surface area contributed by atoms with E-state index in [1.807, 2.05) is 0 Å². The van der Waals surface area contributed by atoms with Crippen LogP contribution in [0.2, 0.25) is 0 Å². The Morgan fingerprint density at radius 2 is 2.17 bits per heavy atom. The van der Waals surface area contributed by atoms with Crippen molar-refractivity contribution in [2.75, 3.05) is 10.5 Å². The number of anilines is 2. The Morgan fingerprint density at radius 1 is 1.44 bits per heavy atom. The average Bonchev–Trinajstić information content (AvgIpc) is 2.62. The van der Waals surface area contributed by atoms with Crippen LogP contribution in [-0.4, -0.2) is 23.2 Å². The van der Waals surface area contributed by atoms with Crippen molar-refractivity contribution in [2.45, 2.75) is 4.90 Å². The molecule has 0 saturated carbocycles. The third-order valence-electron chi connectivity index (χ3n) is 2.09. The second-order valence-electron chi connectivity index (χ2n) is 3.53. The predicted molar refractivity (Wildman–Crippen MR) is 70.4 cm³/mol. The van der Waals surface area contributed by atoms with Gasteiger partial charge in [-0.05, 0) is 28.1 Å². The number of nitrogens with one attached hydrogen (secondary N) is 1. The molecule has 0 aliphatic carbocycles. The second kappa shape index (κ2) is 4.58. The van der Waals surface area contributed by atoms with Crippen LogP contribution in [0, 0.1) is 0 Å². The molecule has 2 aromatic rings. The van der Waals surface area contributed by atoms with E-state index in [4.69, 9.17) is 5.73 Å². The zero-order chi connectivity index (χ0) is 13.3. The van der Waals surface area contributed by atoms with Crippen LogP contribution in [0.15, 0.2) is 34.0 Å². The molecule has 0 fully saturated rings. The standard InChI is InChI=1S/C9H10BrN5O2S/c1-15-5-7(9(11)13-15)18(16,17)14-6-2-3-8(10)12-4-6/h2-5,14H,1H3,(H2,11,13). The van der Waals surface area contributed by atoms with Crippen LogP contribution in [0.5, 0.6) is 0 Å². The highest BCUT2D eigenvalue weighted by atomic mass is 79.9. The number of hydrogen-bond donors (Lipinski definition) is 2. The Bertz CT molecular complexity index is 665. The molecule has 0 aliphatic heterocycles. The number of hydrogen-bond acceptors (Lipinski definition) is 5. The molecule has 18 heavy (non-hydrogen) atoms. The van der Waals surface area contributed by atoms with Gasteiger partial charge in [-0.25, -0.2) is 13.4 Å². The Morgan fingerprint density at radius 3 is 2.67 bits per heavy atom. The van der Waals surface area contributed by atoms with Gasteiger partial charge in [0.25, 0.3) is 10.0 Å². The molecular weight excluding hydrogens is 322 g/mol. The second-order valence-corrected chi connectivity index (χ2v) is 5.99. The molecule has 0 atom stereocenters. The monoisotopic (exact) mass is 331 g/mol. The summed E-state index contributed by atoms with van der Waals surface area (Å²) >= 11 is 3.16. The summed E-state index contributed by atoms with van der Waals surface area (Å²) in [6, 6.07) is 3.21. The van der Waals surface area contributed by atoms with Crippen LogP contribution in [0.1, 0.15) is 0 Å². The molecule has 0 aromatic carbocycles. The lowest BCUT2D eigenvalue weighted by Gasteiger charge is -2.06. The van der Waals surface area contributed by atoms with E-state index in [2.05, 4.69) is 30.7 Å². The normalized spacial score (nSPS) is 11.4. The van der Waals surface area contributed by atoms with Gasteiger partial charge in [0.2, 0.25) is 0 Å². The smallest absolute Gasteiger partial charge is 0.267 e. The maximum Gasteiger partial charge on any atom is 0.267 e. The Balaban J connectivity index is 2.33. The van der Waals surface area contributed by atoms with Crippen molar-refractivity contribution in [1.82, 2.24) is 14.8 Å². The number of nitrogen functional groups attached to an aromatic ring is 1. The van der Waals surface area contributed by atoms with Gasteiger partial charge in [-0.2, -0.15) is 5.10 Å². The van der Waals surface area contributed by atoms with Gasteiger partial charge in [0.05, 0.1) is 11.9 Å². The van der Waals surface area contributed by atoms with E-state index in [1.54, 1.807) is 19.2 Å². The van der Waals surface area contributed by atoms with E-state index in [0.29, 0.717) is 10.3 Å². The third kappa shape index (κ3) is 2.62. The number of aryl methyl sites for hydroxylation is 1. The highest BCUT2D eigenvalue weighted by Crippen LogP contribution is 2.20. The molecular formula is C9H10BrN5O2S. The van der Waals surface area contributed by atoms with E-state index in [-0.39, 0.29) is 10.7 Å². The van der Waals surface area contributed by atoms with Crippen molar-refractivity contribution in [3.63, 3.8) is 0 Å². The Hall–Kier alpha value is -1.61. The van der Waals surface area contributed by atoms with Crippen LogP contribution in [0.25, 0.3) is 0 Å². The van der Waals surface area contributed by atoms with Crippen LogP contribution in [0.4, 0.5) is 11.5 Å². The van der Waals surface area contributed by atoms with Crippen molar-refractivity contribution in [2.24, 2.45) is 7.05 Å². The van der Waals surface area contributed by atoms with Gasteiger partial charge in [-0.3, -0.25) is 9.40 Å². The first kappa shape index (κ1) is 12.8. The topological polar surface area (TPSA) is 103 Å². The summed E-state index contributed by atoms with van der Waals surface area (Å²) in [6.45, 7) is 0. The van der Waals surface area contributed by atoms with Gasteiger partial charge in [-0.1, -0.05) is 0 Å². The van der Waals surface area contributed by atoms with Crippen molar-refractivity contribution in [1.29, 1.82) is 0 Å². The summed E-state index contributed by atoms with van der Waals surface area (Å²) in [4.78, 5) is 3.86.